The van der Waals surface area contributed by atoms with Gasteiger partial charge in [-0.1, -0.05) is 42.5 Å². The second-order valence-corrected chi connectivity index (χ2v) is 7.10. The molecule has 0 bridgehead atoms. The molecule has 0 unspecified atom stereocenters. The molecule has 2 aromatic carbocycles. The number of hydrogen-bond acceptors (Lipinski definition) is 7. The van der Waals surface area contributed by atoms with Crippen molar-refractivity contribution in [3.8, 4) is 5.75 Å². The van der Waals surface area contributed by atoms with E-state index < -0.39 is 0 Å². The van der Waals surface area contributed by atoms with E-state index in [0.29, 0.717) is 5.95 Å². The third-order valence-corrected chi connectivity index (χ3v) is 5.17. The molecule has 0 amide bonds. The predicted octanol–water partition coefficient (Wildman–Crippen LogP) is 2.84. The molecule has 7 nitrogen and oxygen atoms in total. The largest absolute Gasteiger partial charge is 0.495 e. The Kier molecular flexibility index (Phi) is 5.74. The maximum absolute atomic E-state index is 5.51. The Morgan fingerprint density at radius 1 is 0.931 bits per heavy atom. The fraction of sp³-hybridized carbons (Fsp3) is 0.318. The molecule has 0 atom stereocenters. The van der Waals surface area contributed by atoms with Crippen molar-refractivity contribution < 1.29 is 4.74 Å². The predicted molar refractivity (Wildman–Crippen MR) is 116 cm³/mol. The molecule has 2 heterocycles. The first-order chi connectivity index (χ1) is 14.2. The van der Waals surface area contributed by atoms with E-state index in [1.54, 1.807) is 13.3 Å². The monoisotopic (exact) mass is 390 g/mol. The van der Waals surface area contributed by atoms with E-state index in [2.05, 4.69) is 38.2 Å². The van der Waals surface area contributed by atoms with E-state index in [9.17, 15) is 0 Å². The summed E-state index contributed by atoms with van der Waals surface area (Å²) < 4.78 is 5.51. The first kappa shape index (κ1) is 19.0. The van der Waals surface area contributed by atoms with Crippen molar-refractivity contribution in [3.05, 3.63) is 66.4 Å². The van der Waals surface area contributed by atoms with Crippen molar-refractivity contribution in [1.29, 1.82) is 0 Å². The van der Waals surface area contributed by atoms with E-state index in [4.69, 9.17) is 9.72 Å². The van der Waals surface area contributed by atoms with E-state index in [0.717, 1.165) is 50.0 Å². The lowest BCUT2D eigenvalue weighted by Gasteiger charge is -2.37. The van der Waals surface area contributed by atoms with Crippen LogP contribution in [0.1, 0.15) is 5.56 Å². The zero-order valence-electron chi connectivity index (χ0n) is 16.9. The van der Waals surface area contributed by atoms with Gasteiger partial charge in [0.1, 0.15) is 5.75 Å². The fourth-order valence-electron chi connectivity index (χ4n) is 3.60. The van der Waals surface area contributed by atoms with Crippen LogP contribution in [-0.4, -0.2) is 55.5 Å². The zero-order valence-corrected chi connectivity index (χ0v) is 16.9. The van der Waals surface area contributed by atoms with Gasteiger partial charge in [0.15, 0.2) is 5.82 Å². The molecule has 150 valence electrons. The van der Waals surface area contributed by atoms with Crippen molar-refractivity contribution in [1.82, 2.24) is 15.2 Å². The minimum atomic E-state index is 0.638. The number of nitrogens with zero attached hydrogens (tertiary/aromatic N) is 6. The van der Waals surface area contributed by atoms with E-state index >= 15 is 0 Å². The molecule has 1 aliphatic heterocycles. The molecule has 0 aliphatic carbocycles. The van der Waals surface area contributed by atoms with Gasteiger partial charge < -0.3 is 19.4 Å². The smallest absolute Gasteiger partial charge is 0.247 e. The van der Waals surface area contributed by atoms with Gasteiger partial charge in [-0.25, -0.2) is 0 Å². The highest BCUT2D eigenvalue weighted by Gasteiger charge is 2.21. The SMILES string of the molecule is COc1ccccc1N1CCN(c2cnnc(N(C)Cc3ccccc3)n2)CC1. The topological polar surface area (TPSA) is 57.6 Å². The van der Waals surface area contributed by atoms with Crippen LogP contribution in [0.3, 0.4) is 0 Å². The third-order valence-electron chi connectivity index (χ3n) is 5.17. The number of benzene rings is 2. The lowest BCUT2D eigenvalue weighted by molar-refractivity contribution is 0.413. The highest BCUT2D eigenvalue weighted by Crippen LogP contribution is 2.29. The average Bonchev–Trinajstić information content (AvgIpc) is 2.80. The van der Waals surface area contributed by atoms with Crippen molar-refractivity contribution in [2.24, 2.45) is 0 Å². The summed E-state index contributed by atoms with van der Waals surface area (Å²) in [7, 11) is 3.71. The highest BCUT2D eigenvalue weighted by molar-refractivity contribution is 5.59. The maximum Gasteiger partial charge on any atom is 0.247 e. The Balaban J connectivity index is 1.42. The number of hydrogen-bond donors (Lipinski definition) is 0. The Morgan fingerprint density at radius 2 is 1.62 bits per heavy atom. The van der Waals surface area contributed by atoms with Gasteiger partial charge in [0.25, 0.3) is 0 Å². The summed E-state index contributed by atoms with van der Waals surface area (Å²) in [5, 5.41) is 8.42. The van der Waals surface area contributed by atoms with Gasteiger partial charge in [-0.05, 0) is 17.7 Å². The molecule has 0 radical (unpaired) electrons. The number of anilines is 3. The Hall–Kier alpha value is -3.35. The quantitative estimate of drug-likeness (QED) is 0.641. The summed E-state index contributed by atoms with van der Waals surface area (Å²) in [6, 6.07) is 18.5. The minimum absolute atomic E-state index is 0.638. The molecule has 29 heavy (non-hydrogen) atoms. The minimum Gasteiger partial charge on any atom is -0.495 e. The molecule has 1 saturated heterocycles. The van der Waals surface area contributed by atoms with Crippen LogP contribution in [0.25, 0.3) is 0 Å². The summed E-state index contributed by atoms with van der Waals surface area (Å²) in [5.41, 5.74) is 2.35. The van der Waals surface area contributed by atoms with Gasteiger partial charge in [-0.2, -0.15) is 10.1 Å². The van der Waals surface area contributed by atoms with Crippen LogP contribution in [-0.2, 0) is 6.54 Å². The van der Waals surface area contributed by atoms with Crippen LogP contribution in [0.2, 0.25) is 0 Å². The van der Waals surface area contributed by atoms with Gasteiger partial charge in [-0.3, -0.25) is 0 Å². The number of ether oxygens (including phenoxy) is 1. The second-order valence-electron chi connectivity index (χ2n) is 7.10. The van der Waals surface area contributed by atoms with E-state index in [-0.39, 0.29) is 0 Å². The summed E-state index contributed by atoms with van der Waals surface area (Å²) in [6.07, 6.45) is 1.75. The van der Waals surface area contributed by atoms with Gasteiger partial charge in [0.2, 0.25) is 5.95 Å². The van der Waals surface area contributed by atoms with Gasteiger partial charge in [0, 0.05) is 39.8 Å². The van der Waals surface area contributed by atoms with Gasteiger partial charge in [0.05, 0.1) is 19.0 Å². The standard InChI is InChI=1S/C22H26N6O/c1-26(17-18-8-4-3-5-9-18)22-24-21(16-23-25-22)28-14-12-27(13-15-28)19-10-6-7-11-20(19)29-2/h3-11,16H,12-15,17H2,1-2H3. The van der Waals surface area contributed by atoms with Crippen LogP contribution in [0.15, 0.2) is 60.8 Å². The van der Waals surface area contributed by atoms with Crippen LogP contribution in [0.5, 0.6) is 5.75 Å². The summed E-state index contributed by atoms with van der Waals surface area (Å²) in [6.45, 7) is 4.30. The summed E-state index contributed by atoms with van der Waals surface area (Å²) in [4.78, 5) is 11.4. The Labute approximate surface area is 171 Å². The Morgan fingerprint density at radius 3 is 2.38 bits per heavy atom. The van der Waals surface area contributed by atoms with Crippen LogP contribution in [0.4, 0.5) is 17.5 Å². The first-order valence-corrected chi connectivity index (χ1v) is 9.82. The molecular formula is C22H26N6O. The third kappa shape index (κ3) is 4.39. The average molecular weight is 390 g/mol. The number of rotatable bonds is 6. The molecule has 7 heteroatoms. The molecule has 1 aromatic heterocycles. The van der Waals surface area contributed by atoms with Gasteiger partial charge >= 0.3 is 0 Å². The first-order valence-electron chi connectivity index (χ1n) is 9.82. The molecule has 3 aromatic rings. The number of piperazine rings is 1. The fourth-order valence-corrected chi connectivity index (χ4v) is 3.60. The van der Waals surface area contributed by atoms with Crippen molar-refractivity contribution in [2.75, 3.05) is 55.0 Å². The van der Waals surface area contributed by atoms with Crippen molar-refractivity contribution in [2.45, 2.75) is 6.54 Å². The van der Waals surface area contributed by atoms with Crippen LogP contribution < -0.4 is 19.4 Å². The summed E-state index contributed by atoms with van der Waals surface area (Å²) >= 11 is 0. The molecule has 0 spiro atoms. The molecule has 0 N–H and O–H groups in total. The molecule has 4 rings (SSSR count). The Bertz CT molecular complexity index is 927. The lowest BCUT2D eigenvalue weighted by Crippen LogP contribution is -2.47. The normalized spacial score (nSPS) is 14.0. The van der Waals surface area contributed by atoms with Crippen LogP contribution >= 0.6 is 0 Å². The molecular weight excluding hydrogens is 364 g/mol. The van der Waals surface area contributed by atoms with Gasteiger partial charge in [-0.15, -0.1) is 5.10 Å². The van der Waals surface area contributed by atoms with E-state index in [1.165, 1.54) is 5.56 Å². The molecule has 1 fully saturated rings. The molecule has 0 saturated carbocycles. The van der Waals surface area contributed by atoms with E-state index in [1.807, 2.05) is 48.3 Å². The van der Waals surface area contributed by atoms with Crippen molar-refractivity contribution >= 4 is 17.5 Å². The number of methoxy groups -OCH3 is 1. The lowest BCUT2D eigenvalue weighted by atomic mass is 10.2. The van der Waals surface area contributed by atoms with Crippen LogP contribution in [0, 0.1) is 0 Å². The van der Waals surface area contributed by atoms with Crippen molar-refractivity contribution in [3.63, 3.8) is 0 Å². The highest BCUT2D eigenvalue weighted by atomic mass is 16.5. The second kappa shape index (κ2) is 8.77. The molecule has 1 aliphatic rings. The maximum atomic E-state index is 5.51. The number of para-hydroxylation sites is 2. The summed E-state index contributed by atoms with van der Waals surface area (Å²) in [5.74, 6) is 2.42. The number of aromatic nitrogens is 3. The zero-order chi connectivity index (χ0) is 20.1.